The van der Waals surface area contributed by atoms with Gasteiger partial charge in [-0.1, -0.05) is 6.42 Å². The predicted molar refractivity (Wildman–Crippen MR) is 153 cm³/mol. The van der Waals surface area contributed by atoms with Gasteiger partial charge < -0.3 is 30.0 Å². The first-order valence-electron chi connectivity index (χ1n) is 13.2. The normalized spacial score (nSPS) is 14.2. The number of hydrogen-bond donors (Lipinski definition) is 3. The van der Waals surface area contributed by atoms with Crippen molar-refractivity contribution in [1.82, 2.24) is 4.90 Å². The Morgan fingerprint density at radius 2 is 1.57 bits per heavy atom. The number of aliphatic hydroxyl groups excluding tert-OH is 1. The molecule has 1 atom stereocenters. The summed E-state index contributed by atoms with van der Waals surface area (Å²) in [4.78, 5) is 26.2. The first kappa shape index (κ1) is 29.1. The zero-order valence-electron chi connectivity index (χ0n) is 22.2. The largest absolute Gasteiger partial charge is 0.547 e. The van der Waals surface area contributed by atoms with Crippen LogP contribution in [0.3, 0.4) is 0 Å². The number of aliphatic hydroxyl groups is 1. The Bertz CT molecular complexity index is 1440. The fourth-order valence-corrected chi connectivity index (χ4v) is 5.69. The highest BCUT2D eigenvalue weighted by Gasteiger charge is 2.22. The van der Waals surface area contributed by atoms with E-state index in [-0.39, 0.29) is 17.3 Å². The van der Waals surface area contributed by atoms with Crippen molar-refractivity contribution in [3.05, 3.63) is 77.9 Å². The van der Waals surface area contributed by atoms with E-state index in [1.54, 1.807) is 42.5 Å². The Hall–Kier alpha value is -3.92. The molecule has 5 rings (SSSR count). The molecular formula is C31H32NO7S-. The first-order valence-corrected chi connectivity index (χ1v) is 14.0. The summed E-state index contributed by atoms with van der Waals surface area (Å²) in [6, 6.07) is 19.2. The van der Waals surface area contributed by atoms with Crippen molar-refractivity contribution >= 4 is 33.2 Å². The van der Waals surface area contributed by atoms with Crippen molar-refractivity contribution in [1.29, 1.82) is 0 Å². The molecule has 40 heavy (non-hydrogen) atoms. The Kier molecular flexibility index (Phi) is 9.76. The molecule has 4 aromatic rings. The summed E-state index contributed by atoms with van der Waals surface area (Å²) in [6.45, 7) is 4.98. The zero-order chi connectivity index (χ0) is 28.6. The fourth-order valence-electron chi connectivity index (χ4n) is 4.45. The van der Waals surface area contributed by atoms with Crippen molar-refractivity contribution in [2.45, 2.75) is 32.3 Å². The average Bonchev–Trinajstić information content (AvgIpc) is 3.33. The number of carboxylic acid groups (broad SMARTS) is 1. The lowest BCUT2D eigenvalue weighted by Gasteiger charge is -2.26. The number of phenolic OH excluding ortho intramolecular Hbond substituents is 2. The van der Waals surface area contributed by atoms with E-state index >= 15 is 0 Å². The number of hydrogen-bond acceptors (Lipinski definition) is 9. The summed E-state index contributed by atoms with van der Waals surface area (Å²) >= 11 is 1.46. The number of thiophene rings is 1. The monoisotopic (exact) mass is 562 g/mol. The van der Waals surface area contributed by atoms with E-state index in [9.17, 15) is 24.9 Å². The van der Waals surface area contributed by atoms with Crippen LogP contribution in [0.2, 0.25) is 0 Å². The van der Waals surface area contributed by atoms with Crippen LogP contribution in [0.5, 0.6) is 17.2 Å². The maximum Gasteiger partial charge on any atom is 0.195 e. The highest BCUT2D eigenvalue weighted by atomic mass is 32.1. The van der Waals surface area contributed by atoms with Gasteiger partial charge in [0, 0.05) is 32.6 Å². The molecule has 0 saturated carbocycles. The van der Waals surface area contributed by atoms with Gasteiger partial charge in [-0.2, -0.15) is 0 Å². The third-order valence-corrected chi connectivity index (χ3v) is 7.81. The molecule has 9 heteroatoms. The van der Waals surface area contributed by atoms with E-state index in [1.807, 2.05) is 24.3 Å². The fraction of sp³-hybridized carbons (Fsp3) is 0.290. The summed E-state index contributed by atoms with van der Waals surface area (Å²) in [5.41, 5.74) is 2.03. The van der Waals surface area contributed by atoms with Crippen molar-refractivity contribution < 1.29 is 34.8 Å². The van der Waals surface area contributed by atoms with Gasteiger partial charge in [-0.3, -0.25) is 9.69 Å². The number of aliphatic carboxylic acids is 1. The number of rotatable bonds is 8. The smallest absolute Gasteiger partial charge is 0.195 e. The van der Waals surface area contributed by atoms with E-state index in [0.29, 0.717) is 17.7 Å². The lowest BCUT2D eigenvalue weighted by molar-refractivity contribution is -0.314. The minimum Gasteiger partial charge on any atom is -0.547 e. The van der Waals surface area contributed by atoms with Crippen molar-refractivity contribution in [3.8, 4) is 27.7 Å². The van der Waals surface area contributed by atoms with Crippen LogP contribution in [-0.2, 0) is 4.79 Å². The van der Waals surface area contributed by atoms with Gasteiger partial charge in [0.1, 0.15) is 23.9 Å². The molecule has 1 aliphatic heterocycles. The molecule has 1 aromatic heterocycles. The van der Waals surface area contributed by atoms with Gasteiger partial charge in [-0.25, -0.2) is 0 Å². The first-order chi connectivity index (χ1) is 19.2. The minimum absolute atomic E-state index is 0.0834. The van der Waals surface area contributed by atoms with E-state index in [4.69, 9.17) is 9.84 Å². The molecule has 0 spiro atoms. The number of carbonyl (C=O) groups is 2. The lowest BCUT2D eigenvalue weighted by atomic mass is 9.97. The van der Waals surface area contributed by atoms with E-state index < -0.39 is 12.1 Å². The second-order valence-electron chi connectivity index (χ2n) is 9.63. The maximum atomic E-state index is 13.6. The van der Waals surface area contributed by atoms with Crippen LogP contribution >= 0.6 is 11.3 Å². The van der Waals surface area contributed by atoms with Crippen LogP contribution in [0.25, 0.3) is 20.5 Å². The molecule has 0 radical (unpaired) electrons. The average molecular weight is 563 g/mol. The molecule has 210 valence electrons. The van der Waals surface area contributed by atoms with Crippen LogP contribution in [0.4, 0.5) is 0 Å². The van der Waals surface area contributed by atoms with Crippen molar-refractivity contribution in [2.24, 2.45) is 0 Å². The Morgan fingerprint density at radius 1 is 0.950 bits per heavy atom. The summed E-state index contributed by atoms with van der Waals surface area (Å²) in [5, 5.41) is 37.7. The van der Waals surface area contributed by atoms with Gasteiger partial charge in [0.2, 0.25) is 0 Å². The van der Waals surface area contributed by atoms with Gasteiger partial charge in [0.05, 0.1) is 12.1 Å². The molecule has 1 fully saturated rings. The number of fused-ring (bicyclic) bond motifs is 1. The van der Waals surface area contributed by atoms with Gasteiger partial charge in [0.25, 0.3) is 0 Å². The number of piperidine rings is 1. The van der Waals surface area contributed by atoms with Crippen LogP contribution in [-0.4, -0.2) is 64.3 Å². The number of carbonyl (C=O) groups excluding carboxylic acids is 2. The number of carboxylic acids is 1. The standard InChI is InChI=1S/C28H27NO4S.C3H6O3/c30-21-8-4-20(5-9-21)28-26(24-13-10-22(31)18-25(24)34-28)27(32)19-6-11-23(12-7-19)33-17-16-29-14-2-1-3-15-29;1-2(4)3(5)6/h4-13,18,30-31H,1-3,14-17H2;2,4H,1H3,(H,5,6)/p-1. The molecule has 3 aromatic carbocycles. The van der Waals surface area contributed by atoms with E-state index in [0.717, 1.165) is 52.8 Å². The number of ether oxygens (including phenoxy) is 1. The van der Waals surface area contributed by atoms with Crippen LogP contribution in [0, 0.1) is 0 Å². The molecule has 2 heterocycles. The zero-order valence-corrected chi connectivity index (χ0v) is 23.0. The van der Waals surface area contributed by atoms with Gasteiger partial charge in [-0.15, -0.1) is 11.3 Å². The highest BCUT2D eigenvalue weighted by molar-refractivity contribution is 7.22. The van der Waals surface area contributed by atoms with E-state index in [1.165, 1.54) is 30.6 Å². The van der Waals surface area contributed by atoms with Gasteiger partial charge in [0.15, 0.2) is 5.78 Å². The second-order valence-corrected chi connectivity index (χ2v) is 10.7. The number of aromatic hydroxyl groups is 2. The molecule has 1 unspecified atom stereocenters. The Balaban J connectivity index is 0.000000557. The van der Waals surface area contributed by atoms with Crippen LogP contribution < -0.4 is 9.84 Å². The van der Waals surface area contributed by atoms with Gasteiger partial charge >= 0.3 is 0 Å². The topological polar surface area (TPSA) is 130 Å². The molecular weight excluding hydrogens is 530 g/mol. The van der Waals surface area contributed by atoms with Crippen molar-refractivity contribution in [2.75, 3.05) is 26.2 Å². The Morgan fingerprint density at radius 3 is 2.20 bits per heavy atom. The summed E-state index contributed by atoms with van der Waals surface area (Å²) in [6.07, 6.45) is 2.51. The molecule has 0 aliphatic carbocycles. The number of nitrogens with zero attached hydrogens (tertiary/aromatic N) is 1. The molecule has 8 nitrogen and oxygen atoms in total. The molecule has 0 amide bonds. The lowest BCUT2D eigenvalue weighted by Crippen LogP contribution is -2.33. The number of ketones is 1. The van der Waals surface area contributed by atoms with Crippen molar-refractivity contribution in [3.63, 3.8) is 0 Å². The number of benzene rings is 3. The van der Waals surface area contributed by atoms with Crippen LogP contribution in [0.15, 0.2) is 66.7 Å². The molecule has 0 bridgehead atoms. The predicted octanol–water partition coefficient (Wildman–Crippen LogP) is 4.19. The summed E-state index contributed by atoms with van der Waals surface area (Å²) in [5.74, 6) is -0.426. The highest BCUT2D eigenvalue weighted by Crippen LogP contribution is 2.41. The van der Waals surface area contributed by atoms with E-state index in [2.05, 4.69) is 4.90 Å². The summed E-state index contributed by atoms with van der Waals surface area (Å²) in [7, 11) is 0. The Labute approximate surface area is 236 Å². The third-order valence-electron chi connectivity index (χ3n) is 6.61. The quantitative estimate of drug-likeness (QED) is 0.273. The maximum absolute atomic E-state index is 13.6. The summed E-state index contributed by atoms with van der Waals surface area (Å²) < 4.78 is 6.76. The minimum atomic E-state index is -1.44. The molecule has 3 N–H and O–H groups in total. The third kappa shape index (κ3) is 7.38. The molecule has 1 saturated heterocycles. The molecule has 1 aliphatic rings. The SMILES string of the molecule is CC(O)C(=O)[O-].O=C(c1ccc(OCCN2CCCCC2)cc1)c1c(-c2ccc(O)cc2)sc2cc(O)ccc12. The van der Waals surface area contributed by atoms with Crippen LogP contribution in [0.1, 0.15) is 42.1 Å². The second kappa shape index (κ2) is 13.4. The van der Waals surface area contributed by atoms with Gasteiger partial charge in [-0.05, 0) is 105 Å². The number of phenols is 2. The number of likely N-dealkylation sites (tertiary alicyclic amines) is 1.